The second kappa shape index (κ2) is 7.97. The molecule has 0 fully saturated rings. The van der Waals surface area contributed by atoms with Crippen LogP contribution in [0.3, 0.4) is 0 Å². The summed E-state index contributed by atoms with van der Waals surface area (Å²) < 4.78 is 24.1. The molecule has 0 saturated heterocycles. The van der Waals surface area contributed by atoms with Gasteiger partial charge in [0.25, 0.3) is 5.91 Å². The van der Waals surface area contributed by atoms with E-state index in [1.54, 1.807) is 75.5 Å². The molecule has 5 nitrogen and oxygen atoms in total. The van der Waals surface area contributed by atoms with Crippen molar-refractivity contribution in [3.63, 3.8) is 0 Å². The van der Waals surface area contributed by atoms with Crippen LogP contribution in [-0.2, 0) is 9.84 Å². The molecular weight excluding hydrogens is 408 g/mol. The summed E-state index contributed by atoms with van der Waals surface area (Å²) in [5.74, 6) is -0.296. The molecule has 0 aliphatic rings. The van der Waals surface area contributed by atoms with E-state index in [9.17, 15) is 13.2 Å². The van der Waals surface area contributed by atoms with Crippen molar-refractivity contribution in [2.24, 2.45) is 0 Å². The van der Waals surface area contributed by atoms with Crippen molar-refractivity contribution in [2.45, 2.75) is 30.4 Å². The molecule has 0 saturated carbocycles. The Morgan fingerprint density at radius 3 is 2.14 bits per heavy atom. The molecule has 1 amide bonds. The highest BCUT2D eigenvalue weighted by Crippen LogP contribution is 2.27. The van der Waals surface area contributed by atoms with Crippen LogP contribution in [0.2, 0.25) is 5.02 Å². The third-order valence-corrected chi connectivity index (χ3v) is 7.22. The first-order valence-electron chi connectivity index (χ1n) is 8.96. The standard InChI is InChI=1S/C22H21ClN2O3S/c1-22(2,3)29(27,28)18-12-10-17(11-13-18)25-21(26)16-8-6-15(7-9-16)20-19(23)5-4-14-24-20/h4-14H,1-3H3,(H,25,26). The summed E-state index contributed by atoms with van der Waals surface area (Å²) in [5, 5.41) is 3.31. The highest BCUT2D eigenvalue weighted by molar-refractivity contribution is 7.92. The lowest BCUT2D eigenvalue weighted by molar-refractivity contribution is 0.102. The number of hydrogen-bond donors (Lipinski definition) is 1. The van der Waals surface area contributed by atoms with Crippen LogP contribution in [0.15, 0.2) is 71.8 Å². The Bertz CT molecular complexity index is 1130. The SMILES string of the molecule is CC(C)(C)S(=O)(=O)c1ccc(NC(=O)c2ccc(-c3ncccc3Cl)cc2)cc1. The Morgan fingerprint density at radius 2 is 1.59 bits per heavy atom. The lowest BCUT2D eigenvalue weighted by Crippen LogP contribution is -2.27. The number of amides is 1. The number of halogens is 1. The average Bonchev–Trinajstić information content (AvgIpc) is 2.68. The summed E-state index contributed by atoms with van der Waals surface area (Å²) >= 11 is 6.16. The normalized spacial score (nSPS) is 11.9. The van der Waals surface area contributed by atoms with Crippen molar-refractivity contribution < 1.29 is 13.2 Å². The number of anilines is 1. The lowest BCUT2D eigenvalue weighted by Gasteiger charge is -2.19. The van der Waals surface area contributed by atoms with Gasteiger partial charge in [-0.15, -0.1) is 0 Å². The first-order chi connectivity index (χ1) is 13.6. The zero-order valence-corrected chi connectivity index (χ0v) is 17.9. The van der Waals surface area contributed by atoms with Crippen LogP contribution in [0, 0.1) is 0 Å². The van der Waals surface area contributed by atoms with E-state index in [1.165, 1.54) is 12.1 Å². The summed E-state index contributed by atoms with van der Waals surface area (Å²) in [6.07, 6.45) is 1.66. The zero-order chi connectivity index (χ0) is 21.2. The number of carbonyl (C=O) groups excluding carboxylic acids is 1. The van der Waals surface area contributed by atoms with E-state index < -0.39 is 14.6 Å². The van der Waals surface area contributed by atoms with E-state index in [4.69, 9.17) is 11.6 Å². The molecule has 0 aliphatic heterocycles. The highest BCUT2D eigenvalue weighted by atomic mass is 35.5. The fourth-order valence-corrected chi connectivity index (χ4v) is 4.08. The summed E-state index contributed by atoms with van der Waals surface area (Å²) in [5.41, 5.74) is 2.44. The van der Waals surface area contributed by atoms with E-state index in [1.807, 2.05) is 0 Å². The predicted octanol–water partition coefficient (Wildman–Crippen LogP) is 5.23. The Morgan fingerprint density at radius 1 is 0.966 bits per heavy atom. The van der Waals surface area contributed by atoms with Crippen molar-refractivity contribution >= 4 is 33.0 Å². The number of nitrogens with one attached hydrogen (secondary N) is 1. The van der Waals surface area contributed by atoms with Gasteiger partial charge >= 0.3 is 0 Å². The largest absolute Gasteiger partial charge is 0.322 e. The van der Waals surface area contributed by atoms with Gasteiger partial charge in [-0.1, -0.05) is 23.7 Å². The van der Waals surface area contributed by atoms with Gasteiger partial charge in [0.2, 0.25) is 0 Å². The quantitative estimate of drug-likeness (QED) is 0.617. The van der Waals surface area contributed by atoms with Crippen molar-refractivity contribution in [1.82, 2.24) is 4.98 Å². The smallest absolute Gasteiger partial charge is 0.255 e. The van der Waals surface area contributed by atoms with Gasteiger partial charge < -0.3 is 5.32 Å². The van der Waals surface area contributed by atoms with Crippen LogP contribution >= 0.6 is 11.6 Å². The second-order valence-electron chi connectivity index (χ2n) is 7.51. The Hall–Kier alpha value is -2.70. The van der Waals surface area contributed by atoms with E-state index in [0.29, 0.717) is 22.0 Å². The number of pyridine rings is 1. The third-order valence-electron chi connectivity index (χ3n) is 4.41. The lowest BCUT2D eigenvalue weighted by atomic mass is 10.1. The number of benzene rings is 2. The van der Waals surface area contributed by atoms with Gasteiger partial charge in [0, 0.05) is 23.0 Å². The van der Waals surface area contributed by atoms with Gasteiger partial charge in [0.15, 0.2) is 9.84 Å². The molecule has 0 aliphatic carbocycles. The molecule has 0 atom stereocenters. The van der Waals surface area contributed by atoms with Gasteiger partial charge in [-0.2, -0.15) is 0 Å². The van der Waals surface area contributed by atoms with Crippen LogP contribution in [0.5, 0.6) is 0 Å². The van der Waals surface area contributed by atoms with Gasteiger partial charge in [0.1, 0.15) is 0 Å². The first kappa shape index (κ1) is 21.0. The molecule has 2 aromatic carbocycles. The molecule has 3 aromatic rings. The molecule has 0 spiro atoms. The van der Waals surface area contributed by atoms with Gasteiger partial charge in [0.05, 0.1) is 20.4 Å². The Kier molecular flexibility index (Phi) is 5.78. The van der Waals surface area contributed by atoms with Gasteiger partial charge in [-0.25, -0.2) is 8.42 Å². The minimum atomic E-state index is -3.44. The summed E-state index contributed by atoms with van der Waals surface area (Å²) in [7, 11) is -3.44. The van der Waals surface area contributed by atoms with Crippen LogP contribution in [0.4, 0.5) is 5.69 Å². The third kappa shape index (κ3) is 4.49. The van der Waals surface area contributed by atoms with Crippen LogP contribution in [0.25, 0.3) is 11.3 Å². The molecule has 29 heavy (non-hydrogen) atoms. The maximum Gasteiger partial charge on any atom is 0.255 e. The maximum absolute atomic E-state index is 12.5. The Labute approximate surface area is 175 Å². The predicted molar refractivity (Wildman–Crippen MR) is 116 cm³/mol. The molecule has 1 aromatic heterocycles. The van der Waals surface area contributed by atoms with Crippen molar-refractivity contribution in [3.05, 3.63) is 77.4 Å². The molecule has 3 rings (SSSR count). The molecule has 0 bridgehead atoms. The van der Waals surface area contributed by atoms with Gasteiger partial charge in [-0.05, 0) is 69.3 Å². The van der Waals surface area contributed by atoms with Crippen molar-refractivity contribution in [2.75, 3.05) is 5.32 Å². The topological polar surface area (TPSA) is 76.1 Å². The number of nitrogens with zero attached hydrogens (tertiary/aromatic N) is 1. The molecule has 0 radical (unpaired) electrons. The van der Waals surface area contributed by atoms with E-state index >= 15 is 0 Å². The van der Waals surface area contributed by atoms with Crippen molar-refractivity contribution in [3.8, 4) is 11.3 Å². The van der Waals surface area contributed by atoms with Crippen LogP contribution in [-0.4, -0.2) is 24.1 Å². The number of rotatable bonds is 4. The van der Waals surface area contributed by atoms with Crippen molar-refractivity contribution in [1.29, 1.82) is 0 Å². The van der Waals surface area contributed by atoms with E-state index in [2.05, 4.69) is 10.3 Å². The Balaban J connectivity index is 1.75. The number of aromatic nitrogens is 1. The average molecular weight is 429 g/mol. The molecule has 0 unspecified atom stereocenters. The molecular formula is C22H21ClN2O3S. The van der Waals surface area contributed by atoms with E-state index in [0.717, 1.165) is 5.56 Å². The molecule has 1 heterocycles. The fraction of sp³-hybridized carbons (Fsp3) is 0.182. The molecule has 1 N–H and O–H groups in total. The molecule has 150 valence electrons. The second-order valence-corrected chi connectivity index (χ2v) is 10.6. The summed E-state index contributed by atoms with van der Waals surface area (Å²) in [6, 6.07) is 16.6. The van der Waals surface area contributed by atoms with Crippen LogP contribution < -0.4 is 5.32 Å². The van der Waals surface area contributed by atoms with Gasteiger partial charge in [-0.3, -0.25) is 9.78 Å². The minimum absolute atomic E-state index is 0.222. The number of sulfone groups is 1. The summed E-state index contributed by atoms with van der Waals surface area (Å²) in [6.45, 7) is 4.96. The highest BCUT2D eigenvalue weighted by Gasteiger charge is 2.30. The number of hydrogen-bond acceptors (Lipinski definition) is 4. The first-order valence-corrected chi connectivity index (χ1v) is 10.8. The monoisotopic (exact) mass is 428 g/mol. The number of carbonyl (C=O) groups is 1. The molecule has 7 heteroatoms. The maximum atomic E-state index is 12.5. The van der Waals surface area contributed by atoms with E-state index in [-0.39, 0.29) is 10.8 Å². The zero-order valence-electron chi connectivity index (χ0n) is 16.3. The summed E-state index contributed by atoms with van der Waals surface area (Å²) in [4.78, 5) is 17.0. The van der Waals surface area contributed by atoms with Crippen LogP contribution in [0.1, 0.15) is 31.1 Å². The fourth-order valence-electron chi connectivity index (χ4n) is 2.65. The minimum Gasteiger partial charge on any atom is -0.322 e.